The molecule has 0 spiro atoms. The minimum atomic E-state index is -0.696. The number of hydrogen-bond acceptors (Lipinski definition) is 4. The Labute approximate surface area is 93.3 Å². The van der Waals surface area contributed by atoms with E-state index in [1.807, 2.05) is 11.4 Å². The van der Waals surface area contributed by atoms with E-state index in [4.69, 9.17) is 0 Å². The van der Waals surface area contributed by atoms with E-state index in [9.17, 15) is 5.11 Å². The molecule has 14 heavy (non-hydrogen) atoms. The molecule has 4 nitrogen and oxygen atoms in total. The summed E-state index contributed by atoms with van der Waals surface area (Å²) >= 11 is 4.85. The van der Waals surface area contributed by atoms with Gasteiger partial charge in [-0.3, -0.25) is 4.68 Å². The topological polar surface area (TPSA) is 50.9 Å². The molecule has 1 atom stereocenters. The molecule has 2 rings (SSSR count). The molecule has 2 aromatic heterocycles. The van der Waals surface area contributed by atoms with Crippen LogP contribution >= 0.6 is 27.3 Å². The Morgan fingerprint density at radius 1 is 1.64 bits per heavy atom. The van der Waals surface area contributed by atoms with Gasteiger partial charge in [0.1, 0.15) is 11.8 Å². The number of nitrogens with zero attached hydrogens (tertiary/aromatic N) is 3. The third-order valence-corrected chi connectivity index (χ3v) is 3.72. The van der Waals surface area contributed by atoms with E-state index in [0.717, 1.165) is 9.35 Å². The van der Waals surface area contributed by atoms with Gasteiger partial charge in [-0.1, -0.05) is 5.21 Å². The van der Waals surface area contributed by atoms with Crippen LogP contribution in [-0.4, -0.2) is 20.1 Å². The Bertz CT molecular complexity index is 439. The number of hydrogen-bond donors (Lipinski definition) is 1. The van der Waals surface area contributed by atoms with Crippen LogP contribution in [0.1, 0.15) is 16.7 Å². The van der Waals surface area contributed by atoms with Gasteiger partial charge in [0.2, 0.25) is 0 Å². The smallest absolute Gasteiger partial charge is 0.135 e. The van der Waals surface area contributed by atoms with Crippen molar-refractivity contribution in [2.75, 3.05) is 0 Å². The Morgan fingerprint density at radius 2 is 2.43 bits per heavy atom. The van der Waals surface area contributed by atoms with Crippen molar-refractivity contribution in [1.29, 1.82) is 0 Å². The zero-order chi connectivity index (χ0) is 10.1. The summed E-state index contributed by atoms with van der Waals surface area (Å²) in [7, 11) is 1.77. The molecule has 0 fully saturated rings. The van der Waals surface area contributed by atoms with Crippen molar-refractivity contribution >= 4 is 27.3 Å². The first-order valence-corrected chi connectivity index (χ1v) is 5.63. The van der Waals surface area contributed by atoms with Crippen molar-refractivity contribution in [2.24, 2.45) is 7.05 Å². The molecule has 0 aliphatic rings. The second-order valence-corrected chi connectivity index (χ2v) is 4.65. The SMILES string of the molecule is Cn1cc(C(O)c2sccc2Br)nn1. The summed E-state index contributed by atoms with van der Waals surface area (Å²) < 4.78 is 2.47. The summed E-state index contributed by atoms with van der Waals surface area (Å²) in [6.45, 7) is 0. The fraction of sp³-hybridized carbons (Fsp3) is 0.250. The standard InChI is InChI=1S/C8H8BrN3OS/c1-12-4-6(10-11-12)7(13)8-5(9)2-3-14-8/h2-4,7,13H,1H3. The fourth-order valence-corrected chi connectivity index (χ4v) is 2.71. The lowest BCUT2D eigenvalue weighted by Crippen LogP contribution is -1.98. The zero-order valence-electron chi connectivity index (χ0n) is 7.38. The number of aliphatic hydroxyl groups excluding tert-OH is 1. The molecule has 0 aliphatic heterocycles. The Hall–Kier alpha value is -0.720. The van der Waals surface area contributed by atoms with Crippen molar-refractivity contribution in [1.82, 2.24) is 15.0 Å². The van der Waals surface area contributed by atoms with Crippen LogP contribution in [0.2, 0.25) is 0 Å². The second-order valence-electron chi connectivity index (χ2n) is 2.85. The first-order chi connectivity index (χ1) is 6.68. The maximum absolute atomic E-state index is 9.94. The van der Waals surface area contributed by atoms with Crippen LogP contribution in [0.3, 0.4) is 0 Å². The molecular weight excluding hydrogens is 266 g/mol. The van der Waals surface area contributed by atoms with Crippen LogP contribution in [-0.2, 0) is 7.05 Å². The molecule has 0 amide bonds. The molecule has 74 valence electrons. The maximum Gasteiger partial charge on any atom is 0.135 e. The zero-order valence-corrected chi connectivity index (χ0v) is 9.79. The van der Waals surface area contributed by atoms with Crippen molar-refractivity contribution in [3.05, 3.63) is 32.7 Å². The quantitative estimate of drug-likeness (QED) is 0.907. The first kappa shape index (κ1) is 9.82. The summed E-state index contributed by atoms with van der Waals surface area (Å²) in [6, 6.07) is 1.90. The summed E-state index contributed by atoms with van der Waals surface area (Å²) in [5.41, 5.74) is 0.565. The number of thiophene rings is 1. The largest absolute Gasteiger partial charge is 0.381 e. The molecule has 6 heteroatoms. The summed E-state index contributed by atoms with van der Waals surface area (Å²) in [4.78, 5) is 0.852. The van der Waals surface area contributed by atoms with Crippen molar-refractivity contribution in [3.8, 4) is 0 Å². The van der Waals surface area contributed by atoms with Gasteiger partial charge < -0.3 is 5.11 Å². The van der Waals surface area contributed by atoms with E-state index in [-0.39, 0.29) is 0 Å². The molecule has 1 unspecified atom stereocenters. The number of aryl methyl sites for hydroxylation is 1. The van der Waals surface area contributed by atoms with Gasteiger partial charge in [-0.05, 0) is 27.4 Å². The second kappa shape index (κ2) is 3.80. The highest BCUT2D eigenvalue weighted by molar-refractivity contribution is 9.10. The summed E-state index contributed by atoms with van der Waals surface area (Å²) in [5, 5.41) is 19.5. The highest BCUT2D eigenvalue weighted by atomic mass is 79.9. The molecule has 2 heterocycles. The van der Waals surface area contributed by atoms with Gasteiger partial charge in [-0.15, -0.1) is 16.4 Å². The van der Waals surface area contributed by atoms with Crippen molar-refractivity contribution in [3.63, 3.8) is 0 Å². The number of halogens is 1. The van der Waals surface area contributed by atoms with Crippen LogP contribution in [0.15, 0.2) is 22.1 Å². The van der Waals surface area contributed by atoms with Gasteiger partial charge in [0, 0.05) is 11.5 Å². The maximum atomic E-state index is 9.94. The van der Waals surface area contributed by atoms with E-state index in [1.54, 1.807) is 17.9 Å². The third-order valence-electron chi connectivity index (χ3n) is 1.79. The van der Waals surface area contributed by atoms with Crippen molar-refractivity contribution in [2.45, 2.75) is 6.10 Å². The third kappa shape index (κ3) is 1.73. The number of rotatable bonds is 2. The van der Waals surface area contributed by atoms with Gasteiger partial charge in [-0.2, -0.15) is 0 Å². The highest BCUT2D eigenvalue weighted by Crippen LogP contribution is 2.31. The van der Waals surface area contributed by atoms with Crippen LogP contribution in [0.5, 0.6) is 0 Å². The van der Waals surface area contributed by atoms with Gasteiger partial charge >= 0.3 is 0 Å². The average molecular weight is 274 g/mol. The lowest BCUT2D eigenvalue weighted by atomic mass is 10.2. The number of aromatic nitrogens is 3. The Kier molecular flexibility index (Phi) is 2.66. The predicted octanol–water partition coefficient (Wildman–Crippen LogP) is 1.72. The fourth-order valence-electron chi connectivity index (χ4n) is 1.13. The Morgan fingerprint density at radius 3 is 2.93 bits per heavy atom. The van der Waals surface area contributed by atoms with Gasteiger partial charge in [-0.25, -0.2) is 0 Å². The molecule has 1 N–H and O–H groups in total. The Balaban J connectivity index is 2.33. The predicted molar refractivity (Wildman–Crippen MR) is 57.1 cm³/mol. The molecule has 0 bridgehead atoms. The van der Waals surface area contributed by atoms with Gasteiger partial charge in [0.15, 0.2) is 0 Å². The van der Waals surface area contributed by atoms with E-state index >= 15 is 0 Å². The van der Waals surface area contributed by atoms with Crippen LogP contribution < -0.4 is 0 Å². The van der Waals surface area contributed by atoms with Crippen LogP contribution in [0.25, 0.3) is 0 Å². The lowest BCUT2D eigenvalue weighted by Gasteiger charge is -2.04. The lowest BCUT2D eigenvalue weighted by molar-refractivity contribution is 0.218. The van der Waals surface area contributed by atoms with Crippen LogP contribution in [0.4, 0.5) is 0 Å². The highest BCUT2D eigenvalue weighted by Gasteiger charge is 2.17. The molecular formula is C8H8BrN3OS. The molecule has 2 aromatic rings. The molecule has 0 saturated carbocycles. The minimum absolute atomic E-state index is 0.565. The molecule has 0 aliphatic carbocycles. The minimum Gasteiger partial charge on any atom is -0.381 e. The van der Waals surface area contributed by atoms with E-state index in [2.05, 4.69) is 26.2 Å². The van der Waals surface area contributed by atoms with Gasteiger partial charge in [0.25, 0.3) is 0 Å². The molecule has 0 saturated heterocycles. The van der Waals surface area contributed by atoms with E-state index in [0.29, 0.717) is 5.69 Å². The van der Waals surface area contributed by atoms with Crippen molar-refractivity contribution < 1.29 is 5.11 Å². The van der Waals surface area contributed by atoms with E-state index < -0.39 is 6.10 Å². The molecule has 0 aromatic carbocycles. The normalized spacial score (nSPS) is 13.1. The first-order valence-electron chi connectivity index (χ1n) is 3.95. The van der Waals surface area contributed by atoms with E-state index in [1.165, 1.54) is 11.3 Å². The summed E-state index contributed by atoms with van der Waals surface area (Å²) in [6.07, 6.45) is 1.01. The number of aliphatic hydroxyl groups is 1. The van der Waals surface area contributed by atoms with Gasteiger partial charge in [0.05, 0.1) is 11.1 Å². The average Bonchev–Trinajstić information content (AvgIpc) is 2.73. The monoisotopic (exact) mass is 273 g/mol. The summed E-state index contributed by atoms with van der Waals surface area (Å²) in [5.74, 6) is 0. The van der Waals surface area contributed by atoms with Crippen LogP contribution in [0, 0.1) is 0 Å². The molecule has 0 radical (unpaired) electrons.